The van der Waals surface area contributed by atoms with Crippen LogP contribution in [0.5, 0.6) is 0 Å². The highest BCUT2D eigenvalue weighted by atomic mass is 35.5. The van der Waals surface area contributed by atoms with Gasteiger partial charge in [0.1, 0.15) is 11.0 Å². The summed E-state index contributed by atoms with van der Waals surface area (Å²) >= 11 is 12.1. The molecule has 2 heterocycles. The maximum Gasteiger partial charge on any atom is 0.155 e. The van der Waals surface area contributed by atoms with Gasteiger partial charge in [0.2, 0.25) is 0 Å². The van der Waals surface area contributed by atoms with Crippen molar-refractivity contribution in [2.24, 2.45) is 0 Å². The van der Waals surface area contributed by atoms with Crippen molar-refractivity contribution in [3.63, 3.8) is 0 Å². The van der Waals surface area contributed by atoms with Crippen molar-refractivity contribution < 1.29 is 0 Å². The second-order valence-electron chi connectivity index (χ2n) is 3.24. The van der Waals surface area contributed by atoms with Gasteiger partial charge in [-0.15, -0.1) is 0 Å². The van der Waals surface area contributed by atoms with E-state index in [0.717, 1.165) is 24.3 Å². The molecule has 5 heteroatoms. The van der Waals surface area contributed by atoms with Gasteiger partial charge in [-0.05, 0) is 19.2 Å². The first-order valence-corrected chi connectivity index (χ1v) is 5.45. The number of fused-ring (bicyclic) bond motifs is 1. The van der Waals surface area contributed by atoms with Gasteiger partial charge in [0, 0.05) is 13.0 Å². The van der Waals surface area contributed by atoms with E-state index in [1.165, 1.54) is 0 Å². The van der Waals surface area contributed by atoms with Crippen LogP contribution in [0.2, 0.25) is 10.3 Å². The molecule has 0 aliphatic rings. The zero-order chi connectivity index (χ0) is 10.8. The molecule has 2 rings (SSSR count). The molecule has 0 radical (unpaired) electrons. The van der Waals surface area contributed by atoms with Gasteiger partial charge in [-0.2, -0.15) is 0 Å². The molecule has 1 N–H and O–H groups in total. The molecule has 0 aliphatic carbocycles. The summed E-state index contributed by atoms with van der Waals surface area (Å²) in [7, 11) is 1.90. The zero-order valence-electron chi connectivity index (χ0n) is 8.30. The predicted octanol–water partition coefficient (Wildman–Crippen LogP) is 2.40. The average Bonchev–Trinajstić information content (AvgIpc) is 2.55. The lowest BCUT2D eigenvalue weighted by molar-refractivity contribution is 0.753. The van der Waals surface area contributed by atoms with E-state index in [1.807, 2.05) is 29.6 Å². The highest BCUT2D eigenvalue weighted by Crippen LogP contribution is 2.22. The second kappa shape index (κ2) is 4.39. The number of aromatic nitrogens is 2. The van der Waals surface area contributed by atoms with Crippen molar-refractivity contribution in [1.29, 1.82) is 0 Å². The van der Waals surface area contributed by atoms with Crippen LogP contribution in [0.25, 0.3) is 5.52 Å². The lowest BCUT2D eigenvalue weighted by atomic mass is 10.4. The number of hydrogen-bond acceptors (Lipinski definition) is 2. The SMILES string of the molecule is CNCCc1nc(Cl)c2cccc(Cl)n12. The molecular formula is C10H11Cl2N3. The van der Waals surface area contributed by atoms with E-state index in [0.29, 0.717) is 10.3 Å². The van der Waals surface area contributed by atoms with E-state index in [4.69, 9.17) is 23.2 Å². The topological polar surface area (TPSA) is 29.3 Å². The molecule has 0 saturated heterocycles. The molecule has 0 aliphatic heterocycles. The Labute approximate surface area is 98.0 Å². The van der Waals surface area contributed by atoms with Gasteiger partial charge in [0.15, 0.2) is 5.15 Å². The van der Waals surface area contributed by atoms with Crippen molar-refractivity contribution in [3.05, 3.63) is 34.3 Å². The quantitative estimate of drug-likeness (QED) is 0.840. The monoisotopic (exact) mass is 243 g/mol. The van der Waals surface area contributed by atoms with Crippen LogP contribution in [0.1, 0.15) is 5.82 Å². The van der Waals surface area contributed by atoms with Gasteiger partial charge in [0.25, 0.3) is 0 Å². The summed E-state index contributed by atoms with van der Waals surface area (Å²) in [5.41, 5.74) is 0.857. The van der Waals surface area contributed by atoms with Crippen LogP contribution >= 0.6 is 23.2 Å². The van der Waals surface area contributed by atoms with Crippen LogP contribution in [0.3, 0.4) is 0 Å². The van der Waals surface area contributed by atoms with Crippen LogP contribution in [0.4, 0.5) is 0 Å². The number of pyridine rings is 1. The van der Waals surface area contributed by atoms with Crippen molar-refractivity contribution in [3.8, 4) is 0 Å². The second-order valence-corrected chi connectivity index (χ2v) is 3.99. The third kappa shape index (κ3) is 1.95. The molecule has 0 unspecified atom stereocenters. The Morgan fingerprint density at radius 3 is 2.93 bits per heavy atom. The van der Waals surface area contributed by atoms with Crippen LogP contribution < -0.4 is 5.32 Å². The fourth-order valence-electron chi connectivity index (χ4n) is 1.53. The summed E-state index contributed by atoms with van der Waals surface area (Å²) in [6.45, 7) is 0.848. The predicted molar refractivity (Wildman–Crippen MR) is 62.8 cm³/mol. The Hall–Kier alpha value is -0.770. The maximum absolute atomic E-state index is 6.10. The summed E-state index contributed by atoms with van der Waals surface area (Å²) in [5, 5.41) is 4.21. The average molecular weight is 244 g/mol. The Morgan fingerprint density at radius 2 is 2.20 bits per heavy atom. The van der Waals surface area contributed by atoms with E-state index in [2.05, 4.69) is 10.3 Å². The van der Waals surface area contributed by atoms with Gasteiger partial charge in [-0.25, -0.2) is 4.98 Å². The molecule has 15 heavy (non-hydrogen) atoms. The molecule has 3 nitrogen and oxygen atoms in total. The van der Waals surface area contributed by atoms with Crippen molar-refractivity contribution in [1.82, 2.24) is 14.7 Å². The fourth-order valence-corrected chi connectivity index (χ4v) is 2.04. The Kier molecular flexibility index (Phi) is 3.14. The zero-order valence-corrected chi connectivity index (χ0v) is 9.81. The number of nitrogens with zero attached hydrogens (tertiary/aromatic N) is 2. The molecule has 0 amide bonds. The van der Waals surface area contributed by atoms with Crippen LogP contribution in [0, 0.1) is 0 Å². The van der Waals surface area contributed by atoms with Crippen LogP contribution in [-0.4, -0.2) is 23.0 Å². The van der Waals surface area contributed by atoms with E-state index >= 15 is 0 Å². The smallest absolute Gasteiger partial charge is 0.155 e. The summed E-state index contributed by atoms with van der Waals surface area (Å²) < 4.78 is 1.88. The molecule has 0 atom stereocenters. The van der Waals surface area contributed by atoms with E-state index < -0.39 is 0 Å². The van der Waals surface area contributed by atoms with Crippen molar-refractivity contribution in [2.75, 3.05) is 13.6 Å². The first-order valence-electron chi connectivity index (χ1n) is 4.70. The van der Waals surface area contributed by atoms with E-state index in [9.17, 15) is 0 Å². The lowest BCUT2D eigenvalue weighted by Gasteiger charge is -2.02. The standard InChI is InChI=1S/C10H11Cl2N3/c1-13-6-5-9-14-10(12)7-3-2-4-8(11)15(7)9/h2-4,13H,5-6H2,1H3. The Morgan fingerprint density at radius 1 is 1.40 bits per heavy atom. The number of rotatable bonds is 3. The number of halogens is 2. The van der Waals surface area contributed by atoms with Crippen LogP contribution in [-0.2, 0) is 6.42 Å². The third-order valence-corrected chi connectivity index (χ3v) is 2.81. The number of hydrogen-bond donors (Lipinski definition) is 1. The molecule has 2 aromatic heterocycles. The van der Waals surface area contributed by atoms with Gasteiger partial charge in [0.05, 0.1) is 5.52 Å². The molecule has 0 aromatic carbocycles. The van der Waals surface area contributed by atoms with Gasteiger partial charge >= 0.3 is 0 Å². The minimum Gasteiger partial charge on any atom is -0.319 e. The number of nitrogens with one attached hydrogen (secondary N) is 1. The summed E-state index contributed by atoms with van der Waals surface area (Å²) in [5.74, 6) is 0.884. The molecule has 80 valence electrons. The van der Waals surface area contributed by atoms with E-state index in [-0.39, 0.29) is 0 Å². The highest BCUT2D eigenvalue weighted by Gasteiger charge is 2.10. The van der Waals surface area contributed by atoms with E-state index in [1.54, 1.807) is 0 Å². The summed E-state index contributed by atoms with van der Waals surface area (Å²) in [6.07, 6.45) is 0.800. The Balaban J connectivity index is 2.54. The normalized spacial score (nSPS) is 11.1. The molecule has 0 fully saturated rings. The van der Waals surface area contributed by atoms with Crippen molar-refractivity contribution >= 4 is 28.7 Å². The van der Waals surface area contributed by atoms with Gasteiger partial charge in [-0.1, -0.05) is 29.3 Å². The molecule has 0 bridgehead atoms. The largest absolute Gasteiger partial charge is 0.319 e. The molecule has 2 aromatic rings. The molecule has 0 saturated carbocycles. The van der Waals surface area contributed by atoms with Gasteiger partial charge < -0.3 is 5.32 Å². The third-order valence-electron chi connectivity index (χ3n) is 2.24. The van der Waals surface area contributed by atoms with Crippen molar-refractivity contribution in [2.45, 2.75) is 6.42 Å². The Bertz CT molecular complexity index is 479. The lowest BCUT2D eigenvalue weighted by Crippen LogP contribution is -2.12. The first-order chi connectivity index (χ1) is 7.24. The summed E-state index contributed by atoms with van der Waals surface area (Å²) in [6, 6.07) is 5.60. The number of likely N-dealkylation sites (N-methyl/N-ethyl adjacent to an activating group) is 1. The number of imidazole rings is 1. The molecular weight excluding hydrogens is 233 g/mol. The maximum atomic E-state index is 6.10. The first kappa shape index (κ1) is 10.7. The fraction of sp³-hybridized carbons (Fsp3) is 0.300. The van der Waals surface area contributed by atoms with Gasteiger partial charge in [-0.3, -0.25) is 4.40 Å². The molecule has 0 spiro atoms. The summed E-state index contributed by atoms with van der Waals surface area (Å²) in [4.78, 5) is 4.29. The highest BCUT2D eigenvalue weighted by molar-refractivity contribution is 6.33. The minimum atomic E-state index is 0.503. The minimum absolute atomic E-state index is 0.503. The van der Waals surface area contributed by atoms with Crippen LogP contribution in [0.15, 0.2) is 18.2 Å².